The molecule has 0 aromatic carbocycles. The first-order valence-electron chi connectivity index (χ1n) is 5.59. The maximum absolute atomic E-state index is 11.3. The van der Waals surface area contributed by atoms with Crippen LogP contribution in [0.15, 0.2) is 11.5 Å². The van der Waals surface area contributed by atoms with Crippen LogP contribution in [-0.2, 0) is 4.79 Å². The predicted molar refractivity (Wildman–Crippen MR) is 63.9 cm³/mol. The van der Waals surface area contributed by atoms with Crippen LogP contribution in [0.1, 0.15) is 26.2 Å². The molecule has 2 rings (SSSR count). The number of nitrogens with one attached hydrogen (secondary N) is 2. The van der Waals surface area contributed by atoms with E-state index in [-0.39, 0.29) is 0 Å². The van der Waals surface area contributed by atoms with E-state index < -0.39 is 11.5 Å². The highest BCUT2D eigenvalue weighted by Gasteiger charge is 2.38. The Bertz CT molecular complexity index is 380. The fourth-order valence-electron chi connectivity index (χ4n) is 1.53. The van der Waals surface area contributed by atoms with Crippen molar-refractivity contribution >= 4 is 17.7 Å². The number of carboxylic acid groups (broad SMARTS) is 1. The minimum absolute atomic E-state index is 0.381. The third kappa shape index (κ3) is 3.44. The van der Waals surface area contributed by atoms with E-state index in [4.69, 9.17) is 0 Å². The molecule has 1 aromatic rings. The molecule has 1 atom stereocenters. The Balaban J connectivity index is 1.82. The molecule has 1 aliphatic carbocycles. The normalized spacial score (nSPS) is 18.9. The molecular formula is C10H16N4O2S. The van der Waals surface area contributed by atoms with Crippen LogP contribution in [-0.4, -0.2) is 43.6 Å². The maximum Gasteiger partial charge on any atom is 0.323 e. The molecule has 1 aliphatic rings. The first-order chi connectivity index (χ1) is 8.10. The summed E-state index contributed by atoms with van der Waals surface area (Å²) in [5.74, 6) is -0.0971. The molecule has 1 fully saturated rings. The number of rotatable bonds is 7. The SMILES string of the molecule is CC(CCSc1ncn[nH]1)(NC1CC1)C(=O)O. The summed E-state index contributed by atoms with van der Waals surface area (Å²) in [7, 11) is 0. The number of aromatic amines is 1. The van der Waals surface area contributed by atoms with Gasteiger partial charge in [-0.3, -0.25) is 15.2 Å². The summed E-state index contributed by atoms with van der Waals surface area (Å²) in [5.41, 5.74) is -0.839. The van der Waals surface area contributed by atoms with Crippen LogP contribution in [0, 0.1) is 0 Å². The van der Waals surface area contributed by atoms with Crippen molar-refractivity contribution < 1.29 is 9.90 Å². The molecule has 1 saturated carbocycles. The minimum atomic E-state index is -0.839. The molecule has 0 spiro atoms. The van der Waals surface area contributed by atoms with E-state index in [0.717, 1.165) is 18.0 Å². The zero-order chi connectivity index (χ0) is 12.3. The topological polar surface area (TPSA) is 90.9 Å². The number of aliphatic carboxylic acids is 1. The van der Waals surface area contributed by atoms with Crippen LogP contribution in [0.3, 0.4) is 0 Å². The monoisotopic (exact) mass is 256 g/mol. The van der Waals surface area contributed by atoms with E-state index in [1.807, 2.05) is 0 Å². The molecule has 0 aliphatic heterocycles. The third-order valence-corrected chi connectivity index (χ3v) is 3.68. The van der Waals surface area contributed by atoms with Crippen molar-refractivity contribution in [3.8, 4) is 0 Å². The summed E-state index contributed by atoms with van der Waals surface area (Å²) in [6.45, 7) is 1.74. The Morgan fingerprint density at radius 3 is 3.06 bits per heavy atom. The fraction of sp³-hybridized carbons (Fsp3) is 0.700. The van der Waals surface area contributed by atoms with E-state index in [1.165, 1.54) is 18.1 Å². The van der Waals surface area contributed by atoms with Crippen LogP contribution >= 0.6 is 11.8 Å². The molecule has 3 N–H and O–H groups in total. The van der Waals surface area contributed by atoms with Gasteiger partial charge in [-0.05, 0) is 26.2 Å². The predicted octanol–water partition coefficient (Wildman–Crippen LogP) is 0.882. The summed E-state index contributed by atoms with van der Waals surface area (Å²) in [5, 5.41) is 19.7. The number of thioether (sulfide) groups is 1. The molecule has 0 radical (unpaired) electrons. The van der Waals surface area contributed by atoms with Crippen LogP contribution < -0.4 is 5.32 Å². The smallest absolute Gasteiger partial charge is 0.323 e. The molecule has 0 bridgehead atoms. The lowest BCUT2D eigenvalue weighted by atomic mass is 9.99. The molecule has 94 valence electrons. The Morgan fingerprint density at radius 1 is 1.76 bits per heavy atom. The number of H-pyrrole nitrogens is 1. The minimum Gasteiger partial charge on any atom is -0.480 e. The van der Waals surface area contributed by atoms with Crippen molar-refractivity contribution in [2.75, 3.05) is 5.75 Å². The van der Waals surface area contributed by atoms with Gasteiger partial charge in [0, 0.05) is 11.8 Å². The van der Waals surface area contributed by atoms with Gasteiger partial charge >= 0.3 is 5.97 Å². The third-order valence-electron chi connectivity index (χ3n) is 2.81. The van der Waals surface area contributed by atoms with Gasteiger partial charge in [-0.1, -0.05) is 11.8 Å². The molecule has 6 nitrogen and oxygen atoms in total. The molecule has 1 unspecified atom stereocenters. The highest BCUT2D eigenvalue weighted by Crippen LogP contribution is 2.26. The highest BCUT2D eigenvalue weighted by molar-refractivity contribution is 7.99. The number of hydrogen-bond acceptors (Lipinski definition) is 5. The van der Waals surface area contributed by atoms with E-state index >= 15 is 0 Å². The Kier molecular flexibility index (Phi) is 3.68. The second-order valence-corrected chi connectivity index (χ2v) is 5.53. The summed E-state index contributed by atoms with van der Waals surface area (Å²) < 4.78 is 0. The molecule has 7 heteroatoms. The van der Waals surface area contributed by atoms with E-state index in [0.29, 0.717) is 18.2 Å². The maximum atomic E-state index is 11.3. The highest BCUT2D eigenvalue weighted by atomic mass is 32.2. The second-order valence-electron chi connectivity index (χ2n) is 4.44. The van der Waals surface area contributed by atoms with Crippen molar-refractivity contribution in [1.82, 2.24) is 20.5 Å². The van der Waals surface area contributed by atoms with Gasteiger partial charge in [-0.2, -0.15) is 5.10 Å². The van der Waals surface area contributed by atoms with Crippen molar-refractivity contribution in [1.29, 1.82) is 0 Å². The number of nitrogens with zero attached hydrogens (tertiary/aromatic N) is 2. The first-order valence-corrected chi connectivity index (χ1v) is 6.58. The van der Waals surface area contributed by atoms with Gasteiger partial charge in [0.15, 0.2) is 5.16 Å². The Morgan fingerprint density at radius 2 is 2.53 bits per heavy atom. The van der Waals surface area contributed by atoms with Crippen LogP contribution in [0.25, 0.3) is 0 Å². The van der Waals surface area contributed by atoms with Crippen LogP contribution in [0.4, 0.5) is 0 Å². The van der Waals surface area contributed by atoms with Gasteiger partial charge in [0.1, 0.15) is 11.9 Å². The molecule has 0 saturated heterocycles. The van der Waals surface area contributed by atoms with Crippen molar-refractivity contribution in [3.63, 3.8) is 0 Å². The van der Waals surface area contributed by atoms with E-state index in [2.05, 4.69) is 20.5 Å². The van der Waals surface area contributed by atoms with Gasteiger partial charge in [0.2, 0.25) is 0 Å². The van der Waals surface area contributed by atoms with Crippen molar-refractivity contribution in [2.24, 2.45) is 0 Å². The van der Waals surface area contributed by atoms with E-state index in [1.54, 1.807) is 6.92 Å². The average Bonchev–Trinajstić information content (AvgIpc) is 2.93. The summed E-state index contributed by atoms with van der Waals surface area (Å²) in [6.07, 6.45) is 4.17. The van der Waals surface area contributed by atoms with Gasteiger partial charge < -0.3 is 5.11 Å². The van der Waals surface area contributed by atoms with Gasteiger partial charge in [-0.25, -0.2) is 4.98 Å². The van der Waals surface area contributed by atoms with E-state index in [9.17, 15) is 9.90 Å². The first kappa shape index (κ1) is 12.4. The molecule has 17 heavy (non-hydrogen) atoms. The lowest BCUT2D eigenvalue weighted by Crippen LogP contribution is -2.50. The molecule has 0 amide bonds. The zero-order valence-corrected chi connectivity index (χ0v) is 10.5. The van der Waals surface area contributed by atoms with Gasteiger partial charge in [0.05, 0.1) is 0 Å². The van der Waals surface area contributed by atoms with Gasteiger partial charge in [0.25, 0.3) is 0 Å². The van der Waals surface area contributed by atoms with Crippen LogP contribution in [0.5, 0.6) is 0 Å². The standard InChI is InChI=1S/C10H16N4O2S/c1-10(8(15)16,13-7-2-3-7)4-5-17-9-11-6-12-14-9/h6-7,13H,2-5H2,1H3,(H,15,16)(H,11,12,14). The molecular weight excluding hydrogens is 240 g/mol. The zero-order valence-electron chi connectivity index (χ0n) is 9.64. The quantitative estimate of drug-likeness (QED) is 0.627. The summed E-state index contributed by atoms with van der Waals surface area (Å²) in [4.78, 5) is 15.3. The second kappa shape index (κ2) is 5.05. The van der Waals surface area contributed by atoms with Gasteiger partial charge in [-0.15, -0.1) is 0 Å². The average molecular weight is 256 g/mol. The van der Waals surface area contributed by atoms with Crippen LogP contribution in [0.2, 0.25) is 0 Å². The number of carboxylic acids is 1. The lowest BCUT2D eigenvalue weighted by molar-refractivity contribution is -0.144. The van der Waals surface area contributed by atoms with Crippen molar-refractivity contribution in [2.45, 2.75) is 42.9 Å². The lowest BCUT2D eigenvalue weighted by Gasteiger charge is -2.26. The Labute approximate surface area is 104 Å². The molecule has 1 aromatic heterocycles. The van der Waals surface area contributed by atoms with Crippen molar-refractivity contribution in [3.05, 3.63) is 6.33 Å². The number of hydrogen-bond donors (Lipinski definition) is 3. The molecule has 1 heterocycles. The summed E-state index contributed by atoms with van der Waals surface area (Å²) in [6, 6.07) is 0.381. The summed E-state index contributed by atoms with van der Waals surface area (Å²) >= 11 is 1.49. The Hall–Kier alpha value is -1.08. The largest absolute Gasteiger partial charge is 0.480 e. The number of carbonyl (C=O) groups is 1. The number of aromatic nitrogens is 3. The fourth-order valence-corrected chi connectivity index (χ4v) is 2.48.